The summed E-state index contributed by atoms with van der Waals surface area (Å²) in [6, 6.07) is 7.55. The molecule has 0 aliphatic rings. The second kappa shape index (κ2) is 5.31. The van der Waals surface area contributed by atoms with Gasteiger partial charge >= 0.3 is 0 Å². The van der Waals surface area contributed by atoms with E-state index in [1.165, 1.54) is 17.3 Å². The van der Waals surface area contributed by atoms with E-state index in [4.69, 9.17) is 4.74 Å². The van der Waals surface area contributed by atoms with Crippen LogP contribution in [-0.2, 0) is 4.79 Å². The Bertz CT molecular complexity index is 525. The number of hydrogen-bond acceptors (Lipinski definition) is 4. The summed E-state index contributed by atoms with van der Waals surface area (Å²) < 4.78 is 6.96. The van der Waals surface area contributed by atoms with E-state index in [9.17, 15) is 4.79 Å². The average Bonchev–Trinajstić information content (AvgIpc) is 2.84. The van der Waals surface area contributed by atoms with Gasteiger partial charge in [0, 0.05) is 0 Å². The molecule has 0 unspecified atom stereocenters. The van der Waals surface area contributed by atoms with Crippen molar-refractivity contribution in [3.05, 3.63) is 42.5 Å². The molecule has 0 aliphatic heterocycles. The zero-order valence-electron chi connectivity index (χ0n) is 10.2. The molecular formula is C12H14N4O2. The molecule has 1 aromatic carbocycles. The molecule has 0 fully saturated rings. The van der Waals surface area contributed by atoms with Gasteiger partial charge in [-0.2, -0.15) is 0 Å². The van der Waals surface area contributed by atoms with Gasteiger partial charge in [0.25, 0.3) is 5.91 Å². The van der Waals surface area contributed by atoms with Gasteiger partial charge in [-0.15, -0.1) is 10.2 Å². The quantitative estimate of drug-likeness (QED) is 0.877. The Morgan fingerprint density at radius 3 is 2.67 bits per heavy atom. The number of hydrogen-bond donors (Lipinski definition) is 1. The minimum atomic E-state index is -0.603. The fourth-order valence-electron chi connectivity index (χ4n) is 1.41. The molecule has 18 heavy (non-hydrogen) atoms. The minimum Gasteiger partial charge on any atom is -0.481 e. The van der Waals surface area contributed by atoms with Crippen LogP contribution in [0.4, 0.5) is 0 Å². The molecule has 1 atom stereocenters. The van der Waals surface area contributed by atoms with E-state index in [1.54, 1.807) is 6.92 Å². The Labute approximate surface area is 105 Å². The topological polar surface area (TPSA) is 69.0 Å². The second-order valence-electron chi connectivity index (χ2n) is 3.87. The number of ether oxygens (including phenoxy) is 1. The lowest BCUT2D eigenvalue weighted by Gasteiger charge is -2.15. The Morgan fingerprint density at radius 2 is 2.00 bits per heavy atom. The Kier molecular flexibility index (Phi) is 3.57. The van der Waals surface area contributed by atoms with Crippen molar-refractivity contribution in [3.63, 3.8) is 0 Å². The van der Waals surface area contributed by atoms with Gasteiger partial charge in [0.1, 0.15) is 18.4 Å². The number of nitrogens with zero attached hydrogens (tertiary/aromatic N) is 3. The maximum absolute atomic E-state index is 11.8. The van der Waals surface area contributed by atoms with Crippen LogP contribution in [0.15, 0.2) is 36.9 Å². The molecule has 1 aromatic heterocycles. The molecule has 0 radical (unpaired) electrons. The largest absolute Gasteiger partial charge is 0.481 e. The molecular weight excluding hydrogens is 232 g/mol. The Morgan fingerprint density at radius 1 is 1.33 bits per heavy atom. The van der Waals surface area contributed by atoms with E-state index in [2.05, 4.69) is 15.6 Å². The van der Waals surface area contributed by atoms with Gasteiger partial charge in [-0.25, -0.2) is 4.68 Å². The molecule has 0 aliphatic carbocycles. The number of aryl methyl sites for hydroxylation is 1. The van der Waals surface area contributed by atoms with Crippen molar-refractivity contribution in [1.29, 1.82) is 0 Å². The van der Waals surface area contributed by atoms with E-state index < -0.39 is 6.10 Å². The first-order valence-corrected chi connectivity index (χ1v) is 5.54. The third-order valence-corrected chi connectivity index (χ3v) is 2.42. The van der Waals surface area contributed by atoms with Gasteiger partial charge in [0.2, 0.25) is 0 Å². The predicted octanol–water partition coefficient (Wildman–Crippen LogP) is 1.12. The van der Waals surface area contributed by atoms with Crippen molar-refractivity contribution in [2.24, 2.45) is 0 Å². The first kappa shape index (κ1) is 12.1. The molecule has 0 bridgehead atoms. The summed E-state index contributed by atoms with van der Waals surface area (Å²) in [7, 11) is 0. The van der Waals surface area contributed by atoms with Crippen molar-refractivity contribution >= 4 is 5.91 Å². The van der Waals surface area contributed by atoms with E-state index in [0.29, 0.717) is 5.75 Å². The monoisotopic (exact) mass is 246 g/mol. The lowest BCUT2D eigenvalue weighted by molar-refractivity contribution is -0.123. The summed E-state index contributed by atoms with van der Waals surface area (Å²) >= 11 is 0. The number of para-hydroxylation sites is 1. The third-order valence-electron chi connectivity index (χ3n) is 2.42. The second-order valence-corrected chi connectivity index (χ2v) is 3.87. The average molecular weight is 246 g/mol. The van der Waals surface area contributed by atoms with Gasteiger partial charge in [0.05, 0.1) is 0 Å². The standard InChI is InChI=1S/C12H14N4O2/c1-9-5-3-4-6-11(9)18-10(2)12(17)15-16-7-13-14-8-16/h3-8,10H,1-2H3,(H,15,17)/t10-/m0/s1. The SMILES string of the molecule is Cc1ccccc1O[C@@H](C)C(=O)Nn1cnnc1. The van der Waals surface area contributed by atoms with Gasteiger partial charge in [-0.1, -0.05) is 18.2 Å². The van der Waals surface area contributed by atoms with Crippen LogP contribution in [0, 0.1) is 6.92 Å². The lowest BCUT2D eigenvalue weighted by atomic mass is 10.2. The van der Waals surface area contributed by atoms with Gasteiger partial charge in [-0.05, 0) is 25.5 Å². The van der Waals surface area contributed by atoms with Crippen LogP contribution in [0.25, 0.3) is 0 Å². The van der Waals surface area contributed by atoms with Crippen LogP contribution < -0.4 is 10.2 Å². The van der Waals surface area contributed by atoms with Crippen molar-refractivity contribution in [2.45, 2.75) is 20.0 Å². The number of carbonyl (C=O) groups is 1. The maximum atomic E-state index is 11.8. The highest BCUT2D eigenvalue weighted by Gasteiger charge is 2.15. The predicted molar refractivity (Wildman–Crippen MR) is 65.7 cm³/mol. The summed E-state index contributed by atoms with van der Waals surface area (Å²) in [5.41, 5.74) is 3.58. The number of benzene rings is 1. The lowest BCUT2D eigenvalue weighted by Crippen LogP contribution is -2.34. The zero-order valence-corrected chi connectivity index (χ0v) is 10.2. The third kappa shape index (κ3) is 2.85. The maximum Gasteiger partial charge on any atom is 0.279 e. The summed E-state index contributed by atoms with van der Waals surface area (Å²) in [6.45, 7) is 3.62. The first-order valence-electron chi connectivity index (χ1n) is 5.54. The number of aromatic nitrogens is 3. The van der Waals surface area contributed by atoms with Crippen LogP contribution in [0.5, 0.6) is 5.75 Å². The highest BCUT2D eigenvalue weighted by molar-refractivity contribution is 5.87. The van der Waals surface area contributed by atoms with Crippen LogP contribution in [-0.4, -0.2) is 26.9 Å². The molecule has 1 amide bonds. The smallest absolute Gasteiger partial charge is 0.279 e. The Hall–Kier alpha value is -2.37. The first-order chi connectivity index (χ1) is 8.66. The number of nitrogens with one attached hydrogen (secondary N) is 1. The van der Waals surface area contributed by atoms with Gasteiger partial charge in [-0.3, -0.25) is 10.2 Å². The fraction of sp³-hybridized carbons (Fsp3) is 0.250. The van der Waals surface area contributed by atoms with Crippen LogP contribution in [0.3, 0.4) is 0 Å². The molecule has 2 aromatic rings. The summed E-state index contributed by atoms with van der Waals surface area (Å²) in [4.78, 5) is 11.8. The zero-order chi connectivity index (χ0) is 13.0. The van der Waals surface area contributed by atoms with Crippen molar-refractivity contribution < 1.29 is 9.53 Å². The van der Waals surface area contributed by atoms with Crippen molar-refractivity contribution in [2.75, 3.05) is 5.43 Å². The van der Waals surface area contributed by atoms with Gasteiger partial charge < -0.3 is 4.74 Å². The molecule has 0 saturated heterocycles. The highest BCUT2D eigenvalue weighted by atomic mass is 16.5. The fourth-order valence-corrected chi connectivity index (χ4v) is 1.41. The van der Waals surface area contributed by atoms with Crippen LogP contribution in [0.1, 0.15) is 12.5 Å². The highest BCUT2D eigenvalue weighted by Crippen LogP contribution is 2.17. The number of rotatable bonds is 4. The van der Waals surface area contributed by atoms with E-state index >= 15 is 0 Å². The molecule has 0 saturated carbocycles. The number of amides is 1. The van der Waals surface area contributed by atoms with E-state index in [-0.39, 0.29) is 5.91 Å². The molecule has 94 valence electrons. The van der Waals surface area contributed by atoms with E-state index in [0.717, 1.165) is 5.56 Å². The van der Waals surface area contributed by atoms with E-state index in [1.807, 2.05) is 31.2 Å². The molecule has 1 N–H and O–H groups in total. The summed E-state index contributed by atoms with van der Waals surface area (Å²) in [5, 5.41) is 7.18. The molecule has 1 heterocycles. The molecule has 6 heteroatoms. The number of carbonyl (C=O) groups excluding carboxylic acids is 1. The van der Waals surface area contributed by atoms with Crippen LogP contribution >= 0.6 is 0 Å². The molecule has 6 nitrogen and oxygen atoms in total. The van der Waals surface area contributed by atoms with Crippen LogP contribution in [0.2, 0.25) is 0 Å². The molecule has 0 spiro atoms. The normalized spacial score (nSPS) is 11.9. The minimum absolute atomic E-state index is 0.266. The summed E-state index contributed by atoms with van der Waals surface area (Å²) in [6.07, 6.45) is 2.20. The van der Waals surface area contributed by atoms with Crippen molar-refractivity contribution in [3.8, 4) is 5.75 Å². The summed E-state index contributed by atoms with van der Waals surface area (Å²) in [5.74, 6) is 0.432. The van der Waals surface area contributed by atoms with Gasteiger partial charge in [0.15, 0.2) is 6.10 Å². The molecule has 2 rings (SSSR count). The Balaban J connectivity index is 1.97. The van der Waals surface area contributed by atoms with Crippen molar-refractivity contribution in [1.82, 2.24) is 14.9 Å².